The number of carbonyl (C=O) groups is 2. The fourth-order valence-electron chi connectivity index (χ4n) is 3.92. The molecule has 0 saturated carbocycles. The number of hydrogen-bond acceptors (Lipinski definition) is 5. The fraction of sp³-hybridized carbons (Fsp3) is 0.417. The Morgan fingerprint density at radius 1 is 1.06 bits per heavy atom. The Morgan fingerprint density at radius 2 is 1.76 bits per heavy atom. The number of sulfonamides is 1. The normalized spacial score (nSPS) is 16.4. The van der Waals surface area contributed by atoms with E-state index in [1.165, 1.54) is 4.31 Å². The Kier molecular flexibility index (Phi) is 8.10. The molecule has 2 amide bonds. The summed E-state index contributed by atoms with van der Waals surface area (Å²) in [4.78, 5) is 24.7. The minimum absolute atomic E-state index is 0.0921. The first kappa shape index (κ1) is 24.7. The maximum atomic E-state index is 13.2. The zero-order valence-corrected chi connectivity index (χ0v) is 20.1. The van der Waals surface area contributed by atoms with Gasteiger partial charge in [0.05, 0.1) is 12.0 Å². The van der Waals surface area contributed by atoms with Crippen LogP contribution in [0.4, 0.5) is 0 Å². The van der Waals surface area contributed by atoms with Crippen molar-refractivity contribution >= 4 is 21.8 Å². The SMILES string of the molecule is COc1ccc(CCNC(=O)C(=O)NC[C@@H]2CCCN2S(=O)(=O)c2cc(C)ccc2C)cc1. The van der Waals surface area contributed by atoms with Gasteiger partial charge in [-0.15, -0.1) is 0 Å². The van der Waals surface area contributed by atoms with E-state index in [4.69, 9.17) is 4.74 Å². The van der Waals surface area contributed by atoms with E-state index in [9.17, 15) is 18.0 Å². The van der Waals surface area contributed by atoms with E-state index < -0.39 is 21.8 Å². The largest absolute Gasteiger partial charge is 0.497 e. The molecule has 0 aromatic heterocycles. The first-order valence-corrected chi connectivity index (χ1v) is 12.4. The zero-order valence-electron chi connectivity index (χ0n) is 19.3. The molecule has 2 aromatic carbocycles. The van der Waals surface area contributed by atoms with Gasteiger partial charge in [-0.2, -0.15) is 4.31 Å². The molecule has 0 aliphatic carbocycles. The molecule has 8 nitrogen and oxygen atoms in total. The maximum Gasteiger partial charge on any atom is 0.309 e. The third-order valence-electron chi connectivity index (χ3n) is 5.82. The van der Waals surface area contributed by atoms with E-state index in [0.29, 0.717) is 37.9 Å². The number of methoxy groups -OCH3 is 1. The maximum absolute atomic E-state index is 13.2. The summed E-state index contributed by atoms with van der Waals surface area (Å²) in [6.07, 6.45) is 1.91. The monoisotopic (exact) mass is 473 g/mol. The summed E-state index contributed by atoms with van der Waals surface area (Å²) < 4.78 is 33.0. The van der Waals surface area contributed by atoms with E-state index in [-0.39, 0.29) is 17.5 Å². The quantitative estimate of drug-likeness (QED) is 0.570. The van der Waals surface area contributed by atoms with Gasteiger partial charge in [0.2, 0.25) is 10.0 Å². The molecule has 9 heteroatoms. The van der Waals surface area contributed by atoms with Crippen LogP contribution >= 0.6 is 0 Å². The van der Waals surface area contributed by atoms with E-state index in [0.717, 1.165) is 16.9 Å². The molecule has 1 atom stereocenters. The fourth-order valence-corrected chi connectivity index (χ4v) is 5.93. The number of rotatable bonds is 8. The van der Waals surface area contributed by atoms with Crippen molar-refractivity contribution < 1.29 is 22.7 Å². The predicted octanol–water partition coefficient (Wildman–Crippen LogP) is 1.94. The van der Waals surface area contributed by atoms with Crippen molar-refractivity contribution in [2.75, 3.05) is 26.7 Å². The van der Waals surface area contributed by atoms with Gasteiger partial charge in [0.15, 0.2) is 0 Å². The second-order valence-corrected chi connectivity index (χ2v) is 10.1. The van der Waals surface area contributed by atoms with Gasteiger partial charge in [-0.05, 0) is 68.0 Å². The molecule has 0 unspecified atom stereocenters. The predicted molar refractivity (Wildman–Crippen MR) is 126 cm³/mol. The summed E-state index contributed by atoms with van der Waals surface area (Å²) in [7, 11) is -2.09. The summed E-state index contributed by atoms with van der Waals surface area (Å²) >= 11 is 0. The van der Waals surface area contributed by atoms with Gasteiger partial charge in [-0.25, -0.2) is 8.42 Å². The van der Waals surface area contributed by atoms with Gasteiger partial charge in [-0.1, -0.05) is 24.3 Å². The Morgan fingerprint density at radius 3 is 2.45 bits per heavy atom. The molecule has 1 heterocycles. The standard InChI is InChI=1S/C24H31N3O5S/c1-17-6-7-18(2)22(15-17)33(30,31)27-14-4-5-20(27)16-26-24(29)23(28)25-13-12-19-8-10-21(32-3)11-9-19/h6-11,15,20H,4-5,12-14,16H2,1-3H3,(H,25,28)(H,26,29)/t20-/m0/s1. The van der Waals surface area contributed by atoms with Gasteiger partial charge >= 0.3 is 11.8 Å². The number of nitrogens with one attached hydrogen (secondary N) is 2. The molecule has 1 aliphatic rings. The molecule has 1 aliphatic heterocycles. The number of hydrogen-bond donors (Lipinski definition) is 2. The highest BCUT2D eigenvalue weighted by Gasteiger charge is 2.36. The van der Waals surface area contributed by atoms with E-state index >= 15 is 0 Å². The number of aryl methyl sites for hydroxylation is 2. The Bertz CT molecular complexity index is 1100. The first-order valence-electron chi connectivity index (χ1n) is 11.0. The molecule has 0 bridgehead atoms. The molecular formula is C24H31N3O5S. The summed E-state index contributed by atoms with van der Waals surface area (Å²) in [5, 5.41) is 5.20. The van der Waals surface area contributed by atoms with Crippen molar-refractivity contribution in [3.8, 4) is 5.75 Å². The van der Waals surface area contributed by atoms with Crippen molar-refractivity contribution in [1.82, 2.24) is 14.9 Å². The van der Waals surface area contributed by atoms with Crippen LogP contribution < -0.4 is 15.4 Å². The lowest BCUT2D eigenvalue weighted by molar-refractivity contribution is -0.139. The Hall–Kier alpha value is -2.91. The van der Waals surface area contributed by atoms with Crippen LogP contribution in [0.5, 0.6) is 5.75 Å². The molecular weight excluding hydrogens is 442 g/mol. The zero-order chi connectivity index (χ0) is 24.0. The van der Waals surface area contributed by atoms with E-state index in [2.05, 4.69) is 10.6 Å². The van der Waals surface area contributed by atoms with Crippen LogP contribution in [0.3, 0.4) is 0 Å². The molecule has 178 valence electrons. The van der Waals surface area contributed by atoms with Crippen LogP contribution in [-0.4, -0.2) is 57.3 Å². The van der Waals surface area contributed by atoms with Crippen molar-refractivity contribution in [2.24, 2.45) is 0 Å². The summed E-state index contributed by atoms with van der Waals surface area (Å²) in [6, 6.07) is 12.4. The molecule has 3 rings (SSSR count). The smallest absolute Gasteiger partial charge is 0.309 e. The number of nitrogens with zero attached hydrogens (tertiary/aromatic N) is 1. The average molecular weight is 474 g/mol. The summed E-state index contributed by atoms with van der Waals surface area (Å²) in [5.74, 6) is -0.742. The molecule has 1 fully saturated rings. The van der Waals surface area contributed by atoms with Gasteiger partial charge in [0.25, 0.3) is 0 Å². The lowest BCUT2D eigenvalue weighted by Gasteiger charge is -2.25. The minimum atomic E-state index is -3.69. The minimum Gasteiger partial charge on any atom is -0.497 e. The molecule has 2 N–H and O–H groups in total. The Balaban J connectivity index is 1.52. The van der Waals surface area contributed by atoms with Crippen LogP contribution in [-0.2, 0) is 26.0 Å². The van der Waals surface area contributed by atoms with Gasteiger partial charge in [0, 0.05) is 25.7 Å². The van der Waals surface area contributed by atoms with Crippen LogP contribution in [0.15, 0.2) is 47.4 Å². The second-order valence-electron chi connectivity index (χ2n) is 8.24. The molecule has 1 saturated heterocycles. The highest BCUT2D eigenvalue weighted by molar-refractivity contribution is 7.89. The van der Waals surface area contributed by atoms with Gasteiger partial charge in [-0.3, -0.25) is 9.59 Å². The van der Waals surface area contributed by atoms with Crippen LogP contribution in [0.25, 0.3) is 0 Å². The molecule has 0 radical (unpaired) electrons. The van der Waals surface area contributed by atoms with Crippen molar-refractivity contribution in [3.05, 3.63) is 59.2 Å². The molecule has 0 spiro atoms. The summed E-state index contributed by atoms with van der Waals surface area (Å²) in [6.45, 7) is 4.43. The topological polar surface area (TPSA) is 105 Å². The van der Waals surface area contributed by atoms with E-state index in [1.54, 1.807) is 26.2 Å². The third kappa shape index (κ3) is 6.11. The summed E-state index contributed by atoms with van der Waals surface area (Å²) in [5.41, 5.74) is 2.57. The number of benzene rings is 2. The lowest BCUT2D eigenvalue weighted by atomic mass is 10.1. The lowest BCUT2D eigenvalue weighted by Crippen LogP contribution is -2.47. The highest BCUT2D eigenvalue weighted by Crippen LogP contribution is 2.28. The van der Waals surface area contributed by atoms with Crippen molar-refractivity contribution in [3.63, 3.8) is 0 Å². The van der Waals surface area contributed by atoms with Crippen LogP contribution in [0.1, 0.15) is 29.5 Å². The van der Waals surface area contributed by atoms with Gasteiger partial charge in [0.1, 0.15) is 5.75 Å². The van der Waals surface area contributed by atoms with Crippen LogP contribution in [0.2, 0.25) is 0 Å². The van der Waals surface area contributed by atoms with Gasteiger partial charge < -0.3 is 15.4 Å². The second kappa shape index (κ2) is 10.8. The highest BCUT2D eigenvalue weighted by atomic mass is 32.2. The van der Waals surface area contributed by atoms with Crippen LogP contribution in [0, 0.1) is 13.8 Å². The van der Waals surface area contributed by atoms with Crippen molar-refractivity contribution in [1.29, 1.82) is 0 Å². The average Bonchev–Trinajstić information content (AvgIpc) is 3.29. The molecule has 33 heavy (non-hydrogen) atoms. The Labute approximate surface area is 195 Å². The van der Waals surface area contributed by atoms with E-state index in [1.807, 2.05) is 37.3 Å². The number of ether oxygens (including phenoxy) is 1. The first-order chi connectivity index (χ1) is 15.7. The molecule has 2 aromatic rings. The van der Waals surface area contributed by atoms with Crippen molar-refractivity contribution in [2.45, 2.75) is 44.0 Å². The number of amides is 2. The number of carbonyl (C=O) groups excluding carboxylic acids is 2. The third-order valence-corrected chi connectivity index (χ3v) is 7.91.